The number of benzene rings is 1. The molecule has 0 saturated heterocycles. The number of nitrogens with zero attached hydrogens (tertiary/aromatic N) is 3. The lowest BCUT2D eigenvalue weighted by molar-refractivity contribution is 0.632. The first-order valence-corrected chi connectivity index (χ1v) is 6.58. The fraction of sp³-hybridized carbons (Fsp3) is 0.500. The van der Waals surface area contributed by atoms with Gasteiger partial charge in [0.2, 0.25) is 0 Å². The van der Waals surface area contributed by atoms with E-state index in [1.807, 2.05) is 12.1 Å². The molecule has 0 aromatic heterocycles. The molecule has 1 aromatic carbocycles. The van der Waals surface area contributed by atoms with Gasteiger partial charge in [-0.1, -0.05) is 44.7 Å². The predicted molar refractivity (Wildman–Crippen MR) is 76.1 cm³/mol. The van der Waals surface area contributed by atoms with Crippen molar-refractivity contribution in [3.05, 3.63) is 29.8 Å². The molecule has 1 rings (SSSR count). The average Bonchev–Trinajstić information content (AvgIpc) is 2.40. The van der Waals surface area contributed by atoms with Crippen molar-refractivity contribution < 1.29 is 0 Å². The van der Waals surface area contributed by atoms with Gasteiger partial charge in [-0.05, 0) is 30.5 Å². The Hall–Kier alpha value is -1.71. The summed E-state index contributed by atoms with van der Waals surface area (Å²) in [6, 6.07) is 8.14. The number of nitrogens with two attached hydrogens (primary N) is 1. The highest BCUT2D eigenvalue weighted by molar-refractivity contribution is 5.54. The van der Waals surface area contributed by atoms with E-state index in [9.17, 15) is 0 Å². The number of hydrogen-bond donors (Lipinski definition) is 1. The molecule has 0 radical (unpaired) electrons. The van der Waals surface area contributed by atoms with Gasteiger partial charge in [0.15, 0.2) is 6.34 Å². The lowest BCUT2D eigenvalue weighted by Gasteiger charge is -2.01. The molecule has 0 aliphatic carbocycles. The lowest BCUT2D eigenvalue weighted by atomic mass is 10.1. The normalized spacial score (nSPS) is 11.6. The first-order valence-electron chi connectivity index (χ1n) is 6.58. The Balaban J connectivity index is 2.31. The second-order valence-corrected chi connectivity index (χ2v) is 4.31. The van der Waals surface area contributed by atoms with Crippen LogP contribution in [0.15, 0.2) is 39.6 Å². The largest absolute Gasteiger partial charge is 0.322 e. The van der Waals surface area contributed by atoms with Gasteiger partial charge in [0, 0.05) is 0 Å². The maximum Gasteiger partial charge on any atom is 0.157 e. The van der Waals surface area contributed by atoms with E-state index in [0.717, 1.165) is 12.1 Å². The average molecular weight is 246 g/mol. The van der Waals surface area contributed by atoms with Crippen LogP contribution in [0.5, 0.6) is 0 Å². The molecule has 4 nitrogen and oxygen atoms in total. The molecule has 0 atom stereocenters. The van der Waals surface area contributed by atoms with Crippen molar-refractivity contribution in [1.29, 1.82) is 0 Å². The van der Waals surface area contributed by atoms with Crippen LogP contribution in [0.4, 0.5) is 5.69 Å². The van der Waals surface area contributed by atoms with E-state index >= 15 is 0 Å². The summed E-state index contributed by atoms with van der Waals surface area (Å²) in [6.07, 6.45) is 8.95. The van der Waals surface area contributed by atoms with E-state index < -0.39 is 0 Å². The predicted octanol–water partition coefficient (Wildman–Crippen LogP) is 4.19. The SMILES string of the molecule is CCCCCCCc1ccc(N=NC=NN)cc1. The van der Waals surface area contributed by atoms with Crippen LogP contribution in [0.3, 0.4) is 0 Å². The van der Waals surface area contributed by atoms with E-state index in [1.54, 1.807) is 0 Å². The summed E-state index contributed by atoms with van der Waals surface area (Å²) in [5.74, 6) is 4.92. The van der Waals surface area contributed by atoms with E-state index in [2.05, 4.69) is 34.4 Å². The minimum atomic E-state index is 0.824. The molecule has 4 heteroatoms. The van der Waals surface area contributed by atoms with Gasteiger partial charge in [0.05, 0.1) is 5.69 Å². The summed E-state index contributed by atoms with van der Waals surface area (Å²) in [6.45, 7) is 2.24. The number of hydrazone groups is 1. The van der Waals surface area contributed by atoms with Crippen molar-refractivity contribution in [3.8, 4) is 0 Å². The molecule has 1 aromatic rings. The third kappa shape index (κ3) is 6.13. The molecule has 0 fully saturated rings. The molecule has 0 spiro atoms. The minimum absolute atomic E-state index is 0.824. The Morgan fingerprint density at radius 2 is 1.78 bits per heavy atom. The summed E-state index contributed by atoms with van der Waals surface area (Å²) in [4.78, 5) is 0. The molecule has 0 bridgehead atoms. The maximum atomic E-state index is 4.92. The van der Waals surface area contributed by atoms with Gasteiger partial charge in [0.1, 0.15) is 0 Å². The quantitative estimate of drug-likeness (QED) is 0.183. The van der Waals surface area contributed by atoms with E-state index in [0.29, 0.717) is 0 Å². The summed E-state index contributed by atoms with van der Waals surface area (Å²) in [5.41, 5.74) is 2.18. The molecular formula is C14H22N4. The maximum absolute atomic E-state index is 4.92. The van der Waals surface area contributed by atoms with Crippen molar-refractivity contribution in [2.45, 2.75) is 45.4 Å². The Morgan fingerprint density at radius 3 is 2.44 bits per heavy atom. The Kier molecular flexibility index (Phi) is 7.44. The summed E-state index contributed by atoms with van der Waals surface area (Å²) >= 11 is 0. The first-order chi connectivity index (χ1) is 8.86. The lowest BCUT2D eigenvalue weighted by Crippen LogP contribution is -1.85. The van der Waals surface area contributed by atoms with Crippen LogP contribution in [0, 0.1) is 0 Å². The molecule has 0 unspecified atom stereocenters. The Labute approximate surface area is 109 Å². The third-order valence-corrected chi connectivity index (χ3v) is 2.80. The highest BCUT2D eigenvalue weighted by Crippen LogP contribution is 2.15. The van der Waals surface area contributed by atoms with Gasteiger partial charge in [-0.25, -0.2) is 0 Å². The molecule has 0 saturated carbocycles. The van der Waals surface area contributed by atoms with Crippen LogP contribution in [0.1, 0.15) is 44.6 Å². The zero-order chi connectivity index (χ0) is 13.1. The highest BCUT2D eigenvalue weighted by Gasteiger charge is 1.94. The summed E-state index contributed by atoms with van der Waals surface area (Å²) in [7, 11) is 0. The molecule has 0 aliphatic rings. The number of aryl methyl sites for hydroxylation is 1. The minimum Gasteiger partial charge on any atom is -0.322 e. The van der Waals surface area contributed by atoms with E-state index in [4.69, 9.17) is 5.84 Å². The zero-order valence-electron chi connectivity index (χ0n) is 11.0. The van der Waals surface area contributed by atoms with Crippen LogP contribution in [0.25, 0.3) is 0 Å². The van der Waals surface area contributed by atoms with Crippen LogP contribution in [-0.4, -0.2) is 6.34 Å². The van der Waals surface area contributed by atoms with Crippen LogP contribution in [0.2, 0.25) is 0 Å². The van der Waals surface area contributed by atoms with Crippen molar-refractivity contribution >= 4 is 12.0 Å². The van der Waals surface area contributed by atoms with E-state index in [1.165, 1.54) is 44.0 Å². The van der Waals surface area contributed by atoms with Crippen molar-refractivity contribution in [2.24, 2.45) is 21.2 Å². The first kappa shape index (κ1) is 14.4. The Bertz CT molecular complexity index is 368. The van der Waals surface area contributed by atoms with Gasteiger partial charge in [0.25, 0.3) is 0 Å². The molecular weight excluding hydrogens is 224 g/mol. The molecule has 2 N–H and O–H groups in total. The van der Waals surface area contributed by atoms with Crippen LogP contribution >= 0.6 is 0 Å². The Morgan fingerprint density at radius 1 is 1.06 bits per heavy atom. The number of unbranched alkanes of at least 4 members (excludes halogenated alkanes) is 4. The highest BCUT2D eigenvalue weighted by atomic mass is 15.2. The molecule has 0 amide bonds. The monoisotopic (exact) mass is 246 g/mol. The van der Waals surface area contributed by atoms with Crippen molar-refractivity contribution in [2.75, 3.05) is 0 Å². The second-order valence-electron chi connectivity index (χ2n) is 4.31. The molecule has 0 heterocycles. The summed E-state index contributed by atoms with van der Waals surface area (Å²) in [5, 5.41) is 10.9. The number of hydrogen-bond acceptors (Lipinski definition) is 3. The van der Waals surface area contributed by atoms with Gasteiger partial charge in [-0.3, -0.25) is 0 Å². The molecule has 98 valence electrons. The van der Waals surface area contributed by atoms with Gasteiger partial charge >= 0.3 is 0 Å². The van der Waals surface area contributed by atoms with E-state index in [-0.39, 0.29) is 0 Å². The second kappa shape index (κ2) is 9.33. The number of rotatable bonds is 8. The van der Waals surface area contributed by atoms with Gasteiger partial charge in [-0.15, -0.1) is 10.2 Å². The molecule has 18 heavy (non-hydrogen) atoms. The molecule has 0 aliphatic heterocycles. The van der Waals surface area contributed by atoms with Crippen molar-refractivity contribution in [3.63, 3.8) is 0 Å². The fourth-order valence-corrected chi connectivity index (χ4v) is 1.78. The third-order valence-electron chi connectivity index (χ3n) is 2.80. The smallest absolute Gasteiger partial charge is 0.157 e. The standard InChI is InChI=1S/C14H22N4/c1-2-3-4-5-6-7-13-8-10-14(11-9-13)18-17-12-16-15/h8-12H,2-7,15H2,1H3. The fourth-order valence-electron chi connectivity index (χ4n) is 1.78. The van der Waals surface area contributed by atoms with Crippen LogP contribution in [-0.2, 0) is 6.42 Å². The van der Waals surface area contributed by atoms with Gasteiger partial charge in [-0.2, -0.15) is 5.10 Å². The van der Waals surface area contributed by atoms with Crippen LogP contribution < -0.4 is 5.84 Å². The summed E-state index contributed by atoms with van der Waals surface area (Å²) < 4.78 is 0. The zero-order valence-corrected chi connectivity index (χ0v) is 11.0. The van der Waals surface area contributed by atoms with Crippen molar-refractivity contribution in [1.82, 2.24) is 0 Å². The van der Waals surface area contributed by atoms with Gasteiger partial charge < -0.3 is 5.84 Å². The number of azo groups is 1. The topological polar surface area (TPSA) is 63.1 Å².